The number of rotatable bonds is 6. The van der Waals surface area contributed by atoms with E-state index in [4.69, 9.17) is 18.9 Å². The number of ether oxygens (including phenoxy) is 4. The number of fused-ring (bicyclic) bond motifs is 1. The fraction of sp³-hybridized carbons (Fsp3) is 0.435. The molecule has 0 radical (unpaired) electrons. The third-order valence-electron chi connectivity index (χ3n) is 5.57. The molecule has 29 heavy (non-hydrogen) atoms. The first-order valence-electron chi connectivity index (χ1n) is 10.1. The number of amides is 1. The lowest BCUT2D eigenvalue weighted by molar-refractivity contribution is 0.0678. The molecule has 0 N–H and O–H groups in total. The van der Waals surface area contributed by atoms with Crippen molar-refractivity contribution < 1.29 is 23.7 Å². The van der Waals surface area contributed by atoms with Crippen LogP contribution in [0.15, 0.2) is 36.4 Å². The highest BCUT2D eigenvalue weighted by Gasteiger charge is 2.24. The first-order chi connectivity index (χ1) is 14.2. The minimum absolute atomic E-state index is 0.0242. The number of hydrogen-bond donors (Lipinski definition) is 0. The van der Waals surface area contributed by atoms with Crippen LogP contribution in [-0.4, -0.2) is 50.9 Å². The molecule has 1 amide bonds. The molecular formula is C23H27NO5. The lowest BCUT2D eigenvalue weighted by Gasteiger charge is -2.29. The molecule has 2 aromatic rings. The zero-order valence-electron chi connectivity index (χ0n) is 17.0. The van der Waals surface area contributed by atoms with E-state index in [2.05, 4.69) is 0 Å². The second-order valence-corrected chi connectivity index (χ2v) is 7.42. The first-order valence-corrected chi connectivity index (χ1v) is 10.1. The summed E-state index contributed by atoms with van der Waals surface area (Å²) in [5.74, 6) is 2.20. The summed E-state index contributed by atoms with van der Waals surface area (Å²) in [6.45, 7) is 2.62. The molecule has 154 valence electrons. The molecule has 2 aliphatic rings. The quantitative estimate of drug-likeness (QED) is 0.747. The number of carbonyl (C=O) groups is 1. The van der Waals surface area contributed by atoms with Gasteiger partial charge in [0, 0.05) is 25.3 Å². The van der Waals surface area contributed by atoms with Crippen molar-refractivity contribution in [2.45, 2.75) is 31.9 Å². The second-order valence-electron chi connectivity index (χ2n) is 7.42. The van der Waals surface area contributed by atoms with Crippen molar-refractivity contribution in [3.63, 3.8) is 0 Å². The van der Waals surface area contributed by atoms with Crippen molar-refractivity contribution in [3.05, 3.63) is 53.1 Å². The average Bonchev–Trinajstić information content (AvgIpc) is 3.30. The van der Waals surface area contributed by atoms with E-state index < -0.39 is 0 Å². The molecule has 1 atom stereocenters. The van der Waals surface area contributed by atoms with Gasteiger partial charge in [0.2, 0.25) is 0 Å². The molecule has 2 heterocycles. The van der Waals surface area contributed by atoms with Gasteiger partial charge in [-0.25, -0.2) is 0 Å². The molecule has 0 aromatic heterocycles. The Morgan fingerprint density at radius 1 is 1.10 bits per heavy atom. The van der Waals surface area contributed by atoms with Crippen molar-refractivity contribution in [2.24, 2.45) is 0 Å². The Kier molecular flexibility index (Phi) is 5.90. The SMILES string of the molecule is COc1cc2c(cc1OC)CN(C(=O)c1ccc(OC[C@@H]3CCCO3)cc1)CC2. The summed E-state index contributed by atoms with van der Waals surface area (Å²) in [5, 5.41) is 0. The number of nitrogens with zero attached hydrogens (tertiary/aromatic N) is 1. The van der Waals surface area contributed by atoms with Crippen LogP contribution in [0.3, 0.4) is 0 Å². The molecule has 2 aromatic carbocycles. The zero-order chi connectivity index (χ0) is 20.2. The Balaban J connectivity index is 1.41. The smallest absolute Gasteiger partial charge is 0.254 e. The van der Waals surface area contributed by atoms with Crippen molar-refractivity contribution in [1.82, 2.24) is 4.90 Å². The lowest BCUT2D eigenvalue weighted by Crippen LogP contribution is -2.36. The minimum Gasteiger partial charge on any atom is -0.493 e. The Bertz CT molecular complexity index is 858. The van der Waals surface area contributed by atoms with Crippen molar-refractivity contribution in [3.8, 4) is 17.2 Å². The zero-order valence-corrected chi connectivity index (χ0v) is 17.0. The Morgan fingerprint density at radius 2 is 1.83 bits per heavy atom. The van der Waals surface area contributed by atoms with Crippen LogP contribution >= 0.6 is 0 Å². The molecule has 1 saturated heterocycles. The van der Waals surface area contributed by atoms with E-state index >= 15 is 0 Å². The van der Waals surface area contributed by atoms with Crippen LogP contribution in [0, 0.1) is 0 Å². The molecule has 0 aliphatic carbocycles. The summed E-state index contributed by atoms with van der Waals surface area (Å²) < 4.78 is 22.1. The van der Waals surface area contributed by atoms with Gasteiger partial charge < -0.3 is 23.8 Å². The third kappa shape index (κ3) is 4.32. The molecule has 0 bridgehead atoms. The minimum atomic E-state index is 0.0242. The van der Waals surface area contributed by atoms with Crippen LogP contribution in [0.5, 0.6) is 17.2 Å². The highest BCUT2D eigenvalue weighted by molar-refractivity contribution is 5.94. The summed E-state index contributed by atoms with van der Waals surface area (Å²) in [5.41, 5.74) is 2.96. The number of methoxy groups -OCH3 is 2. The highest BCUT2D eigenvalue weighted by Crippen LogP contribution is 2.33. The van der Waals surface area contributed by atoms with E-state index in [9.17, 15) is 4.79 Å². The number of hydrogen-bond acceptors (Lipinski definition) is 5. The molecular weight excluding hydrogens is 370 g/mol. The third-order valence-corrected chi connectivity index (χ3v) is 5.57. The Hall–Kier alpha value is -2.73. The summed E-state index contributed by atoms with van der Waals surface area (Å²) >= 11 is 0. The monoisotopic (exact) mass is 397 g/mol. The van der Waals surface area contributed by atoms with Gasteiger partial charge in [0.05, 0.1) is 20.3 Å². The Labute approximate surface area is 171 Å². The van der Waals surface area contributed by atoms with Gasteiger partial charge in [0.25, 0.3) is 5.91 Å². The molecule has 2 aliphatic heterocycles. The van der Waals surface area contributed by atoms with E-state index in [0.29, 0.717) is 31.0 Å². The largest absolute Gasteiger partial charge is 0.493 e. The van der Waals surface area contributed by atoms with Crippen molar-refractivity contribution in [2.75, 3.05) is 34.0 Å². The molecule has 6 heteroatoms. The van der Waals surface area contributed by atoms with Gasteiger partial charge in [0.1, 0.15) is 12.4 Å². The van der Waals surface area contributed by atoms with Gasteiger partial charge in [-0.05, 0) is 66.8 Å². The van der Waals surface area contributed by atoms with Crippen LogP contribution in [0.2, 0.25) is 0 Å². The summed E-state index contributed by atoms with van der Waals surface area (Å²) in [6, 6.07) is 11.3. The van der Waals surface area contributed by atoms with Gasteiger partial charge >= 0.3 is 0 Å². The molecule has 1 fully saturated rings. The predicted octanol–water partition coefficient (Wildman–Crippen LogP) is 3.46. The molecule has 0 saturated carbocycles. The normalized spacial score (nSPS) is 18.3. The van der Waals surface area contributed by atoms with E-state index in [1.165, 1.54) is 5.56 Å². The van der Waals surface area contributed by atoms with Crippen molar-refractivity contribution in [1.29, 1.82) is 0 Å². The average molecular weight is 397 g/mol. The molecule has 4 rings (SSSR count). The van der Waals surface area contributed by atoms with Gasteiger partial charge in [-0.15, -0.1) is 0 Å². The standard InChI is InChI=1S/C23H27NO5/c1-26-21-12-17-9-10-24(14-18(17)13-22(21)27-2)23(25)16-5-7-19(8-6-16)29-15-20-4-3-11-28-20/h5-8,12-13,20H,3-4,9-11,14-15H2,1-2H3/t20-/m0/s1. The van der Waals surface area contributed by atoms with Crippen LogP contribution in [0.25, 0.3) is 0 Å². The predicted molar refractivity (Wildman–Crippen MR) is 109 cm³/mol. The van der Waals surface area contributed by atoms with Gasteiger partial charge in [0.15, 0.2) is 11.5 Å². The fourth-order valence-electron chi connectivity index (χ4n) is 3.90. The molecule has 0 unspecified atom stereocenters. The van der Waals surface area contributed by atoms with Gasteiger partial charge in [-0.3, -0.25) is 4.79 Å². The van der Waals surface area contributed by atoms with Crippen LogP contribution in [0.1, 0.15) is 34.3 Å². The molecule has 0 spiro atoms. The number of benzene rings is 2. The summed E-state index contributed by atoms with van der Waals surface area (Å²) in [6.07, 6.45) is 3.12. The Morgan fingerprint density at radius 3 is 2.48 bits per heavy atom. The highest BCUT2D eigenvalue weighted by atomic mass is 16.5. The van der Waals surface area contributed by atoms with E-state index in [1.807, 2.05) is 41.3 Å². The van der Waals surface area contributed by atoms with Crippen LogP contribution in [0.4, 0.5) is 0 Å². The van der Waals surface area contributed by atoms with Crippen LogP contribution in [-0.2, 0) is 17.7 Å². The number of carbonyl (C=O) groups excluding carboxylic acids is 1. The van der Waals surface area contributed by atoms with Gasteiger partial charge in [-0.2, -0.15) is 0 Å². The summed E-state index contributed by atoms with van der Waals surface area (Å²) in [4.78, 5) is 14.8. The van der Waals surface area contributed by atoms with E-state index in [1.54, 1.807) is 14.2 Å². The molecule has 6 nitrogen and oxygen atoms in total. The van der Waals surface area contributed by atoms with Crippen molar-refractivity contribution >= 4 is 5.91 Å². The summed E-state index contributed by atoms with van der Waals surface area (Å²) in [7, 11) is 3.26. The second kappa shape index (κ2) is 8.74. The van der Waals surface area contributed by atoms with E-state index in [-0.39, 0.29) is 12.0 Å². The van der Waals surface area contributed by atoms with Crippen LogP contribution < -0.4 is 14.2 Å². The fourth-order valence-corrected chi connectivity index (χ4v) is 3.90. The first kappa shape index (κ1) is 19.6. The topological polar surface area (TPSA) is 57.2 Å². The maximum atomic E-state index is 13.0. The van der Waals surface area contributed by atoms with Gasteiger partial charge in [-0.1, -0.05) is 0 Å². The van der Waals surface area contributed by atoms with E-state index in [0.717, 1.165) is 42.9 Å². The maximum Gasteiger partial charge on any atom is 0.254 e. The maximum absolute atomic E-state index is 13.0. The lowest BCUT2D eigenvalue weighted by atomic mass is 9.98.